The summed E-state index contributed by atoms with van der Waals surface area (Å²) in [5.74, 6) is 0.613. The Hall–Kier alpha value is -0.333. The van der Waals surface area contributed by atoms with E-state index in [-0.39, 0.29) is 5.92 Å². The van der Waals surface area contributed by atoms with Gasteiger partial charge in [-0.05, 0) is 45.3 Å². The Morgan fingerprint density at radius 2 is 1.87 bits per heavy atom. The molecule has 86 valence electrons. The maximum atomic E-state index is 9.01. The van der Waals surface area contributed by atoms with Crippen molar-refractivity contribution in [1.29, 1.82) is 5.26 Å². The zero-order valence-corrected chi connectivity index (χ0v) is 11.4. The molecule has 0 amide bonds. The van der Waals surface area contributed by atoms with E-state index in [1.54, 1.807) is 0 Å². The van der Waals surface area contributed by atoms with Crippen LogP contribution >= 0.6 is 0 Å². The molecule has 0 aliphatic heterocycles. The third-order valence-corrected chi connectivity index (χ3v) is 4.11. The van der Waals surface area contributed by atoms with Crippen molar-refractivity contribution in [3.05, 3.63) is 0 Å². The average Bonchev–Trinajstić information content (AvgIpc) is 2.15. The fourth-order valence-corrected chi connectivity index (χ4v) is 3.59. The topological polar surface area (TPSA) is 33.0 Å². The van der Waals surface area contributed by atoms with E-state index in [0.29, 0.717) is 12.0 Å². The molecule has 15 heavy (non-hydrogen) atoms. The fraction of sp³-hybridized carbons (Fsp3) is 0.917. The molecular formula is C12H23NOSi. The van der Waals surface area contributed by atoms with Crippen molar-refractivity contribution in [2.45, 2.75) is 58.4 Å². The predicted molar refractivity (Wildman–Crippen MR) is 65.0 cm³/mol. The van der Waals surface area contributed by atoms with Gasteiger partial charge >= 0.3 is 0 Å². The molecule has 1 fully saturated rings. The minimum atomic E-state index is -1.45. The van der Waals surface area contributed by atoms with E-state index in [9.17, 15) is 0 Å². The third kappa shape index (κ3) is 3.96. The van der Waals surface area contributed by atoms with Gasteiger partial charge in [0.25, 0.3) is 0 Å². The van der Waals surface area contributed by atoms with Gasteiger partial charge in [0.2, 0.25) is 0 Å². The van der Waals surface area contributed by atoms with Crippen LogP contribution in [0.4, 0.5) is 0 Å². The first kappa shape index (κ1) is 12.7. The minimum absolute atomic E-state index is 0.145. The molecule has 1 saturated carbocycles. The fourth-order valence-electron chi connectivity index (χ4n) is 2.39. The Morgan fingerprint density at radius 1 is 1.27 bits per heavy atom. The quantitative estimate of drug-likeness (QED) is 0.688. The highest BCUT2D eigenvalue weighted by molar-refractivity contribution is 6.69. The second-order valence-corrected chi connectivity index (χ2v) is 10.1. The molecule has 1 rings (SSSR count). The summed E-state index contributed by atoms with van der Waals surface area (Å²) in [6.45, 7) is 8.73. The standard InChI is InChI=1S/C12H23NOSi/c1-10(9-13)11-7-5-6-8-12(11)14-15(2,3)4/h10-12H,5-8H2,1-4H3. The first-order valence-corrected chi connectivity index (χ1v) is 9.42. The number of rotatable bonds is 3. The lowest BCUT2D eigenvalue weighted by Gasteiger charge is -2.37. The van der Waals surface area contributed by atoms with Crippen LogP contribution in [0.5, 0.6) is 0 Å². The summed E-state index contributed by atoms with van der Waals surface area (Å²) in [4.78, 5) is 0. The number of nitriles is 1. The van der Waals surface area contributed by atoms with Crippen LogP contribution in [0, 0.1) is 23.2 Å². The van der Waals surface area contributed by atoms with Crippen molar-refractivity contribution in [3.8, 4) is 6.07 Å². The molecule has 0 aromatic rings. The molecule has 0 radical (unpaired) electrons. The van der Waals surface area contributed by atoms with Crippen LogP contribution in [-0.2, 0) is 4.43 Å². The Balaban J connectivity index is 2.62. The highest BCUT2D eigenvalue weighted by Crippen LogP contribution is 2.33. The number of nitrogens with zero attached hydrogens (tertiary/aromatic N) is 1. The number of hydrogen-bond donors (Lipinski definition) is 0. The van der Waals surface area contributed by atoms with Crippen LogP contribution in [-0.4, -0.2) is 14.4 Å². The van der Waals surface area contributed by atoms with Crippen molar-refractivity contribution >= 4 is 8.32 Å². The van der Waals surface area contributed by atoms with Gasteiger partial charge in [-0.25, -0.2) is 0 Å². The molecule has 3 heteroatoms. The molecule has 2 nitrogen and oxygen atoms in total. The molecule has 0 bridgehead atoms. The van der Waals surface area contributed by atoms with E-state index in [1.807, 2.05) is 6.92 Å². The molecule has 0 heterocycles. The monoisotopic (exact) mass is 225 g/mol. The van der Waals surface area contributed by atoms with Crippen LogP contribution in [0.1, 0.15) is 32.6 Å². The third-order valence-electron chi connectivity index (χ3n) is 3.10. The van der Waals surface area contributed by atoms with Gasteiger partial charge in [0.05, 0.1) is 6.07 Å². The molecule has 0 spiro atoms. The summed E-state index contributed by atoms with van der Waals surface area (Å²) < 4.78 is 6.20. The zero-order chi connectivity index (χ0) is 11.5. The number of hydrogen-bond acceptors (Lipinski definition) is 2. The molecule has 1 aliphatic carbocycles. The van der Waals surface area contributed by atoms with E-state index in [1.165, 1.54) is 19.3 Å². The van der Waals surface area contributed by atoms with Gasteiger partial charge in [-0.2, -0.15) is 5.26 Å². The van der Waals surface area contributed by atoms with Gasteiger partial charge < -0.3 is 4.43 Å². The summed E-state index contributed by atoms with van der Waals surface area (Å²) >= 11 is 0. The van der Waals surface area contributed by atoms with E-state index in [4.69, 9.17) is 9.69 Å². The summed E-state index contributed by atoms with van der Waals surface area (Å²) in [6.07, 6.45) is 5.21. The highest BCUT2D eigenvalue weighted by Gasteiger charge is 2.33. The van der Waals surface area contributed by atoms with E-state index in [0.717, 1.165) is 6.42 Å². The van der Waals surface area contributed by atoms with Crippen LogP contribution in [0.25, 0.3) is 0 Å². The lowest BCUT2D eigenvalue weighted by Crippen LogP contribution is -2.40. The Labute approximate surface area is 94.8 Å². The van der Waals surface area contributed by atoms with Crippen LogP contribution in [0.3, 0.4) is 0 Å². The zero-order valence-electron chi connectivity index (χ0n) is 10.4. The van der Waals surface area contributed by atoms with Crippen molar-refractivity contribution < 1.29 is 4.43 Å². The van der Waals surface area contributed by atoms with Gasteiger partial charge in [0.1, 0.15) is 0 Å². The Kier molecular flexibility index (Phi) is 4.36. The van der Waals surface area contributed by atoms with Crippen LogP contribution in [0.2, 0.25) is 19.6 Å². The maximum absolute atomic E-state index is 9.01. The van der Waals surface area contributed by atoms with Crippen LogP contribution in [0.15, 0.2) is 0 Å². The first-order valence-electron chi connectivity index (χ1n) is 6.01. The average molecular weight is 225 g/mol. The Morgan fingerprint density at radius 3 is 2.40 bits per heavy atom. The van der Waals surface area contributed by atoms with E-state index >= 15 is 0 Å². The Bertz CT molecular complexity index is 241. The molecule has 3 atom stereocenters. The van der Waals surface area contributed by atoms with E-state index < -0.39 is 8.32 Å². The molecule has 0 N–H and O–H groups in total. The van der Waals surface area contributed by atoms with Gasteiger partial charge in [0, 0.05) is 12.0 Å². The molecule has 3 unspecified atom stereocenters. The smallest absolute Gasteiger partial charge is 0.184 e. The summed E-state index contributed by atoms with van der Waals surface area (Å²) in [6, 6.07) is 2.39. The second-order valence-electron chi connectivity index (χ2n) is 5.63. The molecule has 1 aliphatic rings. The maximum Gasteiger partial charge on any atom is 0.184 e. The molecular weight excluding hydrogens is 202 g/mol. The second kappa shape index (κ2) is 5.13. The summed E-state index contributed by atoms with van der Waals surface area (Å²) in [7, 11) is -1.45. The highest BCUT2D eigenvalue weighted by atomic mass is 28.4. The van der Waals surface area contributed by atoms with Crippen LogP contribution < -0.4 is 0 Å². The van der Waals surface area contributed by atoms with Crippen molar-refractivity contribution in [2.24, 2.45) is 11.8 Å². The first-order chi connectivity index (χ1) is 6.94. The molecule has 0 aromatic carbocycles. The largest absolute Gasteiger partial charge is 0.414 e. The van der Waals surface area contributed by atoms with Gasteiger partial charge in [0.15, 0.2) is 8.32 Å². The summed E-state index contributed by atoms with van der Waals surface area (Å²) in [5, 5.41) is 9.01. The lowest BCUT2D eigenvalue weighted by molar-refractivity contribution is 0.0685. The normalized spacial score (nSPS) is 29.5. The summed E-state index contributed by atoms with van der Waals surface area (Å²) in [5.41, 5.74) is 0. The van der Waals surface area contributed by atoms with Gasteiger partial charge in [-0.3, -0.25) is 0 Å². The molecule has 0 aromatic heterocycles. The SMILES string of the molecule is CC(C#N)C1CCCCC1O[Si](C)(C)C. The van der Waals surface area contributed by atoms with Gasteiger partial charge in [-0.15, -0.1) is 0 Å². The van der Waals surface area contributed by atoms with Crippen molar-refractivity contribution in [1.82, 2.24) is 0 Å². The minimum Gasteiger partial charge on any atom is -0.414 e. The van der Waals surface area contributed by atoms with Crippen molar-refractivity contribution in [2.75, 3.05) is 0 Å². The van der Waals surface area contributed by atoms with Crippen molar-refractivity contribution in [3.63, 3.8) is 0 Å². The predicted octanol–water partition coefficient (Wildman–Crippen LogP) is 3.56. The van der Waals surface area contributed by atoms with E-state index in [2.05, 4.69) is 25.7 Å². The molecule has 0 saturated heterocycles. The van der Waals surface area contributed by atoms with Gasteiger partial charge in [-0.1, -0.05) is 12.8 Å². The lowest BCUT2D eigenvalue weighted by atomic mass is 9.79.